The number of aryl methyl sites for hydroxylation is 1. The van der Waals surface area contributed by atoms with Gasteiger partial charge in [-0.3, -0.25) is 10.1 Å². The third-order valence-electron chi connectivity index (χ3n) is 3.04. The summed E-state index contributed by atoms with van der Waals surface area (Å²) < 4.78 is 5.49. The second-order valence-corrected chi connectivity index (χ2v) is 4.80. The number of hydrogen-bond acceptors (Lipinski definition) is 3. The highest BCUT2D eigenvalue weighted by atomic mass is 16.3. The Morgan fingerprint density at radius 1 is 1.53 bits per heavy atom. The summed E-state index contributed by atoms with van der Waals surface area (Å²) in [5, 5.41) is 6.07. The van der Waals surface area contributed by atoms with Crippen LogP contribution in [0, 0.1) is 12.8 Å². The highest BCUT2D eigenvalue weighted by Gasteiger charge is 2.21. The molecule has 1 amide bonds. The molecule has 1 aliphatic rings. The zero-order chi connectivity index (χ0) is 12.3. The van der Waals surface area contributed by atoms with E-state index in [1.807, 2.05) is 26.0 Å². The van der Waals surface area contributed by atoms with E-state index in [0.717, 1.165) is 24.0 Å². The van der Waals surface area contributed by atoms with E-state index in [-0.39, 0.29) is 11.9 Å². The summed E-state index contributed by atoms with van der Waals surface area (Å²) >= 11 is 0. The minimum absolute atomic E-state index is 0.0621. The molecule has 0 saturated heterocycles. The van der Waals surface area contributed by atoms with Crippen LogP contribution in [0.15, 0.2) is 16.5 Å². The molecule has 0 bridgehead atoms. The van der Waals surface area contributed by atoms with Crippen molar-refractivity contribution >= 4 is 5.91 Å². The van der Waals surface area contributed by atoms with E-state index in [1.165, 1.54) is 12.8 Å². The van der Waals surface area contributed by atoms with Crippen LogP contribution in [-0.2, 0) is 4.79 Å². The summed E-state index contributed by atoms with van der Waals surface area (Å²) in [5.41, 5.74) is 0. The van der Waals surface area contributed by atoms with Gasteiger partial charge in [-0.25, -0.2) is 0 Å². The first-order valence-corrected chi connectivity index (χ1v) is 6.21. The minimum Gasteiger partial charge on any atom is -0.465 e. The van der Waals surface area contributed by atoms with Gasteiger partial charge in [-0.15, -0.1) is 0 Å². The Labute approximate surface area is 102 Å². The van der Waals surface area contributed by atoms with Gasteiger partial charge in [0.15, 0.2) is 0 Å². The van der Waals surface area contributed by atoms with Crippen molar-refractivity contribution in [1.29, 1.82) is 0 Å². The topological polar surface area (TPSA) is 54.3 Å². The maximum absolute atomic E-state index is 11.5. The zero-order valence-electron chi connectivity index (χ0n) is 10.5. The standard InChI is InChI=1S/C13H20N2O2/c1-9-3-6-12(17-9)10(2)14-8-13(16)15-7-11-4-5-11/h3,6,10-11,14H,4-5,7-8H2,1-2H3,(H,15,16). The molecule has 1 saturated carbocycles. The highest BCUT2D eigenvalue weighted by Crippen LogP contribution is 2.27. The van der Waals surface area contributed by atoms with Crippen molar-refractivity contribution in [1.82, 2.24) is 10.6 Å². The largest absolute Gasteiger partial charge is 0.465 e. The molecule has 0 spiro atoms. The first kappa shape index (κ1) is 12.2. The van der Waals surface area contributed by atoms with Crippen molar-refractivity contribution in [2.75, 3.05) is 13.1 Å². The zero-order valence-corrected chi connectivity index (χ0v) is 10.5. The van der Waals surface area contributed by atoms with Crippen LogP contribution in [0.2, 0.25) is 0 Å². The molecular formula is C13H20N2O2. The van der Waals surface area contributed by atoms with Gasteiger partial charge in [0.1, 0.15) is 11.5 Å². The molecule has 17 heavy (non-hydrogen) atoms. The molecule has 1 unspecified atom stereocenters. The van der Waals surface area contributed by atoms with Crippen molar-refractivity contribution in [2.24, 2.45) is 5.92 Å². The van der Waals surface area contributed by atoms with Crippen LogP contribution in [0.5, 0.6) is 0 Å². The molecule has 2 rings (SSSR count). The maximum Gasteiger partial charge on any atom is 0.233 e. The molecule has 1 aromatic rings. The van der Waals surface area contributed by atoms with E-state index in [1.54, 1.807) is 0 Å². The molecule has 1 fully saturated rings. The molecule has 0 aromatic carbocycles. The number of carbonyl (C=O) groups is 1. The first-order chi connectivity index (χ1) is 8.15. The monoisotopic (exact) mass is 236 g/mol. The van der Waals surface area contributed by atoms with Crippen LogP contribution >= 0.6 is 0 Å². The van der Waals surface area contributed by atoms with E-state index in [0.29, 0.717) is 6.54 Å². The highest BCUT2D eigenvalue weighted by molar-refractivity contribution is 5.78. The number of nitrogens with one attached hydrogen (secondary N) is 2. The fraction of sp³-hybridized carbons (Fsp3) is 0.615. The summed E-state index contributed by atoms with van der Waals surface area (Å²) in [6, 6.07) is 3.94. The fourth-order valence-electron chi connectivity index (χ4n) is 1.68. The van der Waals surface area contributed by atoms with Gasteiger partial charge in [0.05, 0.1) is 12.6 Å². The van der Waals surface area contributed by atoms with Gasteiger partial charge in [0.2, 0.25) is 5.91 Å². The fourth-order valence-corrected chi connectivity index (χ4v) is 1.68. The first-order valence-electron chi connectivity index (χ1n) is 6.21. The third kappa shape index (κ3) is 3.89. The summed E-state index contributed by atoms with van der Waals surface area (Å²) in [7, 11) is 0. The Kier molecular flexibility index (Phi) is 3.84. The smallest absolute Gasteiger partial charge is 0.233 e. The maximum atomic E-state index is 11.5. The van der Waals surface area contributed by atoms with Gasteiger partial charge in [-0.05, 0) is 44.7 Å². The van der Waals surface area contributed by atoms with Crippen molar-refractivity contribution in [3.05, 3.63) is 23.7 Å². The lowest BCUT2D eigenvalue weighted by Gasteiger charge is -2.11. The molecule has 4 heteroatoms. The second-order valence-electron chi connectivity index (χ2n) is 4.80. The van der Waals surface area contributed by atoms with Gasteiger partial charge in [0, 0.05) is 6.54 Å². The molecule has 94 valence electrons. The summed E-state index contributed by atoms with van der Waals surface area (Å²) in [4.78, 5) is 11.5. The van der Waals surface area contributed by atoms with E-state index >= 15 is 0 Å². The molecule has 2 N–H and O–H groups in total. The van der Waals surface area contributed by atoms with E-state index in [4.69, 9.17) is 4.42 Å². The molecule has 4 nitrogen and oxygen atoms in total. The molecule has 0 aliphatic heterocycles. The lowest BCUT2D eigenvalue weighted by Crippen LogP contribution is -2.35. The lowest BCUT2D eigenvalue weighted by molar-refractivity contribution is -0.120. The number of furan rings is 1. The predicted octanol–water partition coefficient (Wildman–Crippen LogP) is 1.76. The van der Waals surface area contributed by atoms with Crippen LogP contribution in [0.3, 0.4) is 0 Å². The molecule has 0 radical (unpaired) electrons. The quantitative estimate of drug-likeness (QED) is 0.791. The van der Waals surface area contributed by atoms with Gasteiger partial charge in [-0.1, -0.05) is 0 Å². The summed E-state index contributed by atoms with van der Waals surface area (Å²) in [5.74, 6) is 2.56. The normalized spacial score (nSPS) is 16.8. The minimum atomic E-state index is 0.0621. The summed E-state index contributed by atoms with van der Waals surface area (Å²) in [6.45, 7) is 5.08. The molecular weight excluding hydrogens is 216 g/mol. The molecule has 1 aliphatic carbocycles. The Bertz CT molecular complexity index is 383. The van der Waals surface area contributed by atoms with Crippen LogP contribution in [0.1, 0.15) is 37.3 Å². The number of rotatable bonds is 6. The third-order valence-corrected chi connectivity index (χ3v) is 3.04. The second kappa shape index (κ2) is 5.36. The molecule has 1 heterocycles. The van der Waals surface area contributed by atoms with Crippen LogP contribution in [-0.4, -0.2) is 19.0 Å². The number of amides is 1. The van der Waals surface area contributed by atoms with Crippen molar-refractivity contribution in [3.8, 4) is 0 Å². The Morgan fingerprint density at radius 3 is 2.88 bits per heavy atom. The predicted molar refractivity (Wildman–Crippen MR) is 65.6 cm³/mol. The van der Waals surface area contributed by atoms with Gasteiger partial charge in [-0.2, -0.15) is 0 Å². The van der Waals surface area contributed by atoms with E-state index in [9.17, 15) is 4.79 Å². The molecule has 1 aromatic heterocycles. The SMILES string of the molecule is Cc1ccc(C(C)NCC(=O)NCC2CC2)o1. The average molecular weight is 236 g/mol. The lowest BCUT2D eigenvalue weighted by atomic mass is 10.2. The van der Waals surface area contributed by atoms with Crippen LogP contribution in [0.4, 0.5) is 0 Å². The van der Waals surface area contributed by atoms with Crippen molar-refractivity contribution < 1.29 is 9.21 Å². The number of hydrogen-bond donors (Lipinski definition) is 2. The van der Waals surface area contributed by atoms with Crippen LogP contribution in [0.25, 0.3) is 0 Å². The Morgan fingerprint density at radius 2 is 2.29 bits per heavy atom. The van der Waals surface area contributed by atoms with Gasteiger partial charge in [0.25, 0.3) is 0 Å². The van der Waals surface area contributed by atoms with Gasteiger partial charge >= 0.3 is 0 Å². The van der Waals surface area contributed by atoms with E-state index < -0.39 is 0 Å². The Hall–Kier alpha value is -1.29. The molecule has 1 atom stereocenters. The van der Waals surface area contributed by atoms with Crippen LogP contribution < -0.4 is 10.6 Å². The number of carbonyl (C=O) groups excluding carboxylic acids is 1. The average Bonchev–Trinajstić information content (AvgIpc) is 3.04. The van der Waals surface area contributed by atoms with Crippen molar-refractivity contribution in [2.45, 2.75) is 32.7 Å². The van der Waals surface area contributed by atoms with E-state index in [2.05, 4.69) is 10.6 Å². The van der Waals surface area contributed by atoms with Crippen molar-refractivity contribution in [3.63, 3.8) is 0 Å². The van der Waals surface area contributed by atoms with Gasteiger partial charge < -0.3 is 9.73 Å². The summed E-state index contributed by atoms with van der Waals surface area (Å²) in [6.07, 6.45) is 2.52. The Balaban J connectivity index is 1.67.